The van der Waals surface area contributed by atoms with Gasteiger partial charge in [0.05, 0.1) is 17.0 Å². The van der Waals surface area contributed by atoms with Crippen LogP contribution in [0.15, 0.2) is 91.0 Å². The van der Waals surface area contributed by atoms with Crippen LogP contribution in [0.3, 0.4) is 0 Å². The molecule has 0 saturated heterocycles. The van der Waals surface area contributed by atoms with Crippen LogP contribution in [-0.4, -0.2) is 11.6 Å². The summed E-state index contributed by atoms with van der Waals surface area (Å²) in [6, 6.07) is 27.8. The van der Waals surface area contributed by atoms with Crippen molar-refractivity contribution in [2.45, 2.75) is 19.1 Å². The van der Waals surface area contributed by atoms with Gasteiger partial charge >= 0.3 is 0 Å². The number of alkyl halides is 1. The molecule has 0 N–H and O–H groups in total. The second-order valence-corrected chi connectivity index (χ2v) is 8.27. The first-order valence-corrected chi connectivity index (χ1v) is 11.5. The Labute approximate surface area is 202 Å². The molecule has 4 aromatic rings. The Morgan fingerprint density at radius 3 is 1.68 bits per heavy atom. The number of fused-ring (bicyclic) bond motifs is 2. The largest absolute Gasteiger partial charge is 0.488 e. The lowest BCUT2D eigenvalue weighted by Gasteiger charge is -2.25. The smallest absolute Gasteiger partial charge is 0.198 e. The number of carbonyl (C=O) groups is 2. The number of carbonyl (C=O) groups excluding carboxylic acids is 2. The zero-order valence-corrected chi connectivity index (χ0v) is 19.0. The standard InChI is InChI=1S/C29H21ClO4/c30-16-21-15-24(33-17-19-9-3-1-4-10-19)25-26(29(21)34-18-20-11-5-2-6-12-20)28(32)23-14-8-7-13-22(23)27(25)31/h1-15H,16-18H2. The van der Waals surface area contributed by atoms with Gasteiger partial charge in [-0.15, -0.1) is 11.6 Å². The van der Waals surface area contributed by atoms with Gasteiger partial charge in [0.1, 0.15) is 24.7 Å². The molecule has 0 amide bonds. The second-order valence-electron chi connectivity index (χ2n) is 8.00. The van der Waals surface area contributed by atoms with Crippen molar-refractivity contribution < 1.29 is 19.1 Å². The van der Waals surface area contributed by atoms with Gasteiger partial charge in [-0.3, -0.25) is 9.59 Å². The molecule has 5 heteroatoms. The second kappa shape index (κ2) is 9.54. The Hall–Kier alpha value is -3.89. The Morgan fingerprint density at radius 1 is 0.618 bits per heavy atom. The monoisotopic (exact) mass is 468 g/mol. The summed E-state index contributed by atoms with van der Waals surface area (Å²) in [5.41, 5.74) is 3.62. The van der Waals surface area contributed by atoms with E-state index in [1.165, 1.54) is 0 Å². The number of halogens is 1. The van der Waals surface area contributed by atoms with E-state index in [2.05, 4.69) is 0 Å². The summed E-state index contributed by atoms with van der Waals surface area (Å²) in [6.45, 7) is 0.493. The Morgan fingerprint density at radius 2 is 1.12 bits per heavy atom. The van der Waals surface area contributed by atoms with Crippen molar-refractivity contribution in [1.29, 1.82) is 0 Å². The predicted octanol–water partition coefficient (Wildman–Crippen LogP) is 6.36. The Balaban J connectivity index is 1.62. The molecular weight excluding hydrogens is 448 g/mol. The highest BCUT2D eigenvalue weighted by Gasteiger charge is 2.36. The molecule has 0 unspecified atom stereocenters. The lowest BCUT2D eigenvalue weighted by atomic mass is 9.82. The fourth-order valence-corrected chi connectivity index (χ4v) is 4.33. The lowest BCUT2D eigenvalue weighted by molar-refractivity contribution is 0.0971. The SMILES string of the molecule is O=C1c2ccccc2C(=O)c2c(OCc3ccccc3)c(CCl)cc(OCc3ccccc3)c21. The third-order valence-electron chi connectivity index (χ3n) is 5.80. The molecule has 1 aliphatic rings. The van der Waals surface area contributed by atoms with E-state index in [0.717, 1.165) is 11.1 Å². The number of ketones is 2. The van der Waals surface area contributed by atoms with Crippen LogP contribution in [0, 0.1) is 0 Å². The van der Waals surface area contributed by atoms with Gasteiger partial charge in [0.25, 0.3) is 0 Å². The van der Waals surface area contributed by atoms with Crippen LogP contribution >= 0.6 is 11.6 Å². The van der Waals surface area contributed by atoms with Crippen LogP contribution in [0.5, 0.6) is 11.5 Å². The first kappa shape index (κ1) is 21.9. The van der Waals surface area contributed by atoms with Crippen molar-refractivity contribution in [2.75, 3.05) is 0 Å². The van der Waals surface area contributed by atoms with E-state index < -0.39 is 0 Å². The maximum Gasteiger partial charge on any atom is 0.198 e. The molecule has 168 valence electrons. The first-order chi connectivity index (χ1) is 16.7. The van der Waals surface area contributed by atoms with Gasteiger partial charge in [0, 0.05) is 16.7 Å². The minimum atomic E-state index is -0.273. The van der Waals surface area contributed by atoms with E-state index in [0.29, 0.717) is 28.2 Å². The van der Waals surface area contributed by atoms with Gasteiger partial charge in [-0.05, 0) is 17.2 Å². The summed E-state index contributed by atoms with van der Waals surface area (Å²) in [5, 5.41) is 0. The fraction of sp³-hybridized carbons (Fsp3) is 0.103. The highest BCUT2D eigenvalue weighted by atomic mass is 35.5. The van der Waals surface area contributed by atoms with E-state index in [-0.39, 0.29) is 41.8 Å². The van der Waals surface area contributed by atoms with Gasteiger partial charge in [-0.1, -0.05) is 84.9 Å². The molecule has 0 radical (unpaired) electrons. The topological polar surface area (TPSA) is 52.6 Å². The number of ether oxygens (including phenoxy) is 2. The molecule has 0 spiro atoms. The van der Waals surface area contributed by atoms with Crippen LogP contribution in [-0.2, 0) is 19.1 Å². The molecule has 0 aromatic heterocycles. The third kappa shape index (κ3) is 4.09. The van der Waals surface area contributed by atoms with Crippen LogP contribution in [0.25, 0.3) is 0 Å². The molecule has 0 saturated carbocycles. The predicted molar refractivity (Wildman–Crippen MR) is 131 cm³/mol. The highest BCUT2D eigenvalue weighted by molar-refractivity contribution is 6.30. The summed E-state index contributed by atoms with van der Waals surface area (Å²) in [6.07, 6.45) is 0. The maximum atomic E-state index is 13.6. The van der Waals surface area contributed by atoms with Crippen molar-refractivity contribution >= 4 is 23.2 Å². The summed E-state index contributed by atoms with van der Waals surface area (Å²) >= 11 is 6.30. The Bertz CT molecular complexity index is 1360. The quantitative estimate of drug-likeness (QED) is 0.261. The molecule has 0 bridgehead atoms. The molecular formula is C29H21ClO4. The molecule has 4 nitrogen and oxygen atoms in total. The van der Waals surface area contributed by atoms with Crippen LogP contribution < -0.4 is 9.47 Å². The van der Waals surface area contributed by atoms with Gasteiger partial charge in [0.2, 0.25) is 0 Å². The van der Waals surface area contributed by atoms with E-state index in [1.807, 2.05) is 60.7 Å². The number of hydrogen-bond donors (Lipinski definition) is 0. The average Bonchev–Trinajstić information content (AvgIpc) is 2.90. The van der Waals surface area contributed by atoms with E-state index >= 15 is 0 Å². The summed E-state index contributed by atoms with van der Waals surface area (Å²) in [4.78, 5) is 27.2. The van der Waals surface area contributed by atoms with Crippen LogP contribution in [0.4, 0.5) is 0 Å². The molecule has 5 rings (SSSR count). The number of hydrogen-bond acceptors (Lipinski definition) is 4. The summed E-state index contributed by atoms with van der Waals surface area (Å²) < 4.78 is 12.2. The third-order valence-corrected chi connectivity index (χ3v) is 6.09. The first-order valence-electron chi connectivity index (χ1n) is 10.9. The van der Waals surface area contributed by atoms with Gasteiger partial charge in [0.15, 0.2) is 11.6 Å². The van der Waals surface area contributed by atoms with Gasteiger partial charge in [-0.2, -0.15) is 0 Å². The van der Waals surface area contributed by atoms with E-state index in [9.17, 15) is 9.59 Å². The van der Waals surface area contributed by atoms with Crippen molar-refractivity contribution in [3.05, 3.63) is 130 Å². The Kier molecular flexibility index (Phi) is 6.15. The maximum absolute atomic E-state index is 13.6. The van der Waals surface area contributed by atoms with Gasteiger partial charge in [-0.25, -0.2) is 0 Å². The molecule has 0 fully saturated rings. The number of rotatable bonds is 7. The molecule has 0 aliphatic heterocycles. The minimum Gasteiger partial charge on any atom is -0.488 e. The van der Waals surface area contributed by atoms with Crippen LogP contribution in [0.2, 0.25) is 0 Å². The molecule has 0 heterocycles. The van der Waals surface area contributed by atoms with E-state index in [1.54, 1.807) is 30.3 Å². The van der Waals surface area contributed by atoms with E-state index in [4.69, 9.17) is 21.1 Å². The highest BCUT2D eigenvalue weighted by Crippen LogP contribution is 2.42. The zero-order chi connectivity index (χ0) is 23.5. The zero-order valence-electron chi connectivity index (χ0n) is 18.3. The van der Waals surface area contributed by atoms with Crippen molar-refractivity contribution in [2.24, 2.45) is 0 Å². The molecule has 34 heavy (non-hydrogen) atoms. The summed E-state index contributed by atoms with van der Waals surface area (Å²) in [7, 11) is 0. The van der Waals surface area contributed by atoms with Crippen molar-refractivity contribution in [3.63, 3.8) is 0 Å². The molecule has 4 aromatic carbocycles. The van der Waals surface area contributed by atoms with Crippen molar-refractivity contribution in [3.8, 4) is 11.5 Å². The lowest BCUT2D eigenvalue weighted by Crippen LogP contribution is -2.23. The van der Waals surface area contributed by atoms with Crippen LogP contribution in [0.1, 0.15) is 48.5 Å². The average molecular weight is 469 g/mol. The normalized spacial score (nSPS) is 12.1. The summed E-state index contributed by atoms with van der Waals surface area (Å²) in [5.74, 6) is 0.217. The molecule has 1 aliphatic carbocycles. The fourth-order valence-electron chi connectivity index (χ4n) is 4.13. The van der Waals surface area contributed by atoms with Crippen molar-refractivity contribution in [1.82, 2.24) is 0 Å². The minimum absolute atomic E-state index is 0.0994. The number of benzene rings is 4. The van der Waals surface area contributed by atoms with Gasteiger partial charge < -0.3 is 9.47 Å². The molecule has 0 atom stereocenters.